The molecule has 0 aromatic heterocycles. The molecular formula is C17H22N2O2. The summed E-state index contributed by atoms with van der Waals surface area (Å²) in [5.41, 5.74) is 2.86. The number of carbonyl (C=O) groups excluding carboxylic acids is 2. The van der Waals surface area contributed by atoms with Crippen molar-refractivity contribution in [2.75, 3.05) is 18.9 Å². The second-order valence-corrected chi connectivity index (χ2v) is 4.95. The van der Waals surface area contributed by atoms with Gasteiger partial charge in [0, 0.05) is 18.8 Å². The van der Waals surface area contributed by atoms with E-state index < -0.39 is 0 Å². The van der Waals surface area contributed by atoms with Gasteiger partial charge in [0.15, 0.2) is 0 Å². The van der Waals surface area contributed by atoms with Gasteiger partial charge in [0.1, 0.15) is 0 Å². The molecule has 0 radical (unpaired) electrons. The molecule has 0 aliphatic carbocycles. The monoisotopic (exact) mass is 286 g/mol. The van der Waals surface area contributed by atoms with Crippen LogP contribution in [0.25, 0.3) is 0 Å². The van der Waals surface area contributed by atoms with Gasteiger partial charge in [-0.2, -0.15) is 0 Å². The summed E-state index contributed by atoms with van der Waals surface area (Å²) in [5, 5.41) is 2.83. The summed E-state index contributed by atoms with van der Waals surface area (Å²) in [4.78, 5) is 25.1. The van der Waals surface area contributed by atoms with Gasteiger partial charge in [-0.05, 0) is 38.0 Å². The van der Waals surface area contributed by atoms with Crippen molar-refractivity contribution in [3.8, 4) is 0 Å². The summed E-state index contributed by atoms with van der Waals surface area (Å²) >= 11 is 0. The summed E-state index contributed by atoms with van der Waals surface area (Å²) in [5.74, 6) is -0.414. The summed E-state index contributed by atoms with van der Waals surface area (Å²) in [6.45, 7) is 5.79. The number of nitrogens with zero attached hydrogens (tertiary/aromatic N) is 1. The van der Waals surface area contributed by atoms with Crippen LogP contribution in [0.5, 0.6) is 0 Å². The molecule has 4 heteroatoms. The Labute approximate surface area is 126 Å². The zero-order valence-electron chi connectivity index (χ0n) is 13.0. The van der Waals surface area contributed by atoms with Gasteiger partial charge in [-0.25, -0.2) is 0 Å². The molecule has 0 saturated heterocycles. The molecule has 0 heterocycles. The van der Waals surface area contributed by atoms with E-state index in [9.17, 15) is 9.59 Å². The molecule has 2 amide bonds. The molecule has 0 atom stereocenters. The van der Waals surface area contributed by atoms with Crippen molar-refractivity contribution in [1.29, 1.82) is 0 Å². The Morgan fingerprint density at radius 3 is 2.62 bits per heavy atom. The van der Waals surface area contributed by atoms with Crippen LogP contribution in [-0.4, -0.2) is 30.3 Å². The highest BCUT2D eigenvalue weighted by Crippen LogP contribution is 2.16. The maximum absolute atomic E-state index is 12.0. The second-order valence-electron chi connectivity index (χ2n) is 4.95. The van der Waals surface area contributed by atoms with Gasteiger partial charge < -0.3 is 10.2 Å². The molecule has 112 valence electrons. The van der Waals surface area contributed by atoms with Crippen LogP contribution in [-0.2, 0) is 9.59 Å². The fourth-order valence-corrected chi connectivity index (χ4v) is 1.73. The van der Waals surface area contributed by atoms with E-state index in [2.05, 4.69) is 5.32 Å². The maximum Gasteiger partial charge on any atom is 0.246 e. The van der Waals surface area contributed by atoms with E-state index in [-0.39, 0.29) is 18.4 Å². The summed E-state index contributed by atoms with van der Waals surface area (Å²) in [7, 11) is 1.60. The van der Waals surface area contributed by atoms with Crippen LogP contribution in [0.1, 0.15) is 18.1 Å². The number of anilines is 1. The third-order valence-electron chi connectivity index (χ3n) is 2.97. The molecule has 0 fully saturated rings. The molecule has 0 bridgehead atoms. The van der Waals surface area contributed by atoms with Crippen LogP contribution < -0.4 is 5.32 Å². The number of likely N-dealkylation sites (N-methyl/N-ethyl adjacent to an activating group) is 1. The van der Waals surface area contributed by atoms with Gasteiger partial charge in [0.25, 0.3) is 0 Å². The lowest BCUT2D eigenvalue weighted by Gasteiger charge is -2.15. The number of allylic oxidation sites excluding steroid dienone is 3. The number of carbonyl (C=O) groups is 2. The second kappa shape index (κ2) is 8.04. The van der Waals surface area contributed by atoms with Crippen LogP contribution in [0.15, 0.2) is 42.5 Å². The largest absolute Gasteiger partial charge is 0.333 e. The lowest BCUT2D eigenvalue weighted by Crippen LogP contribution is -2.34. The molecule has 0 spiro atoms. The van der Waals surface area contributed by atoms with Crippen molar-refractivity contribution in [1.82, 2.24) is 4.90 Å². The quantitative estimate of drug-likeness (QED) is 0.668. The SMILES string of the molecule is C/C=C/C=C/C(=O)N(C)CC(=O)Nc1cc(C)ccc1C. The van der Waals surface area contributed by atoms with Crippen molar-refractivity contribution in [3.05, 3.63) is 53.6 Å². The third-order valence-corrected chi connectivity index (χ3v) is 2.97. The predicted molar refractivity (Wildman–Crippen MR) is 86.1 cm³/mol. The summed E-state index contributed by atoms with van der Waals surface area (Å²) in [6.07, 6.45) is 6.69. The minimum Gasteiger partial charge on any atom is -0.333 e. The van der Waals surface area contributed by atoms with Crippen LogP contribution in [0, 0.1) is 13.8 Å². The molecule has 1 aromatic rings. The fourth-order valence-electron chi connectivity index (χ4n) is 1.73. The minimum atomic E-state index is -0.209. The molecule has 4 nitrogen and oxygen atoms in total. The highest BCUT2D eigenvalue weighted by Gasteiger charge is 2.11. The lowest BCUT2D eigenvalue weighted by atomic mass is 10.1. The average molecular weight is 286 g/mol. The fraction of sp³-hybridized carbons (Fsp3) is 0.294. The molecule has 0 saturated carbocycles. The molecule has 1 rings (SSSR count). The first-order valence-electron chi connectivity index (χ1n) is 6.85. The highest BCUT2D eigenvalue weighted by atomic mass is 16.2. The van der Waals surface area contributed by atoms with Gasteiger partial charge in [-0.15, -0.1) is 0 Å². The topological polar surface area (TPSA) is 49.4 Å². The molecule has 0 aliphatic heterocycles. The summed E-state index contributed by atoms with van der Waals surface area (Å²) < 4.78 is 0. The number of benzene rings is 1. The zero-order valence-corrected chi connectivity index (χ0v) is 13.0. The zero-order chi connectivity index (χ0) is 15.8. The van der Waals surface area contributed by atoms with Gasteiger partial charge in [-0.1, -0.05) is 30.4 Å². The van der Waals surface area contributed by atoms with Gasteiger partial charge in [-0.3, -0.25) is 9.59 Å². The Bertz CT molecular complexity index is 574. The smallest absolute Gasteiger partial charge is 0.246 e. The van der Waals surface area contributed by atoms with Crippen molar-refractivity contribution in [2.24, 2.45) is 0 Å². The van der Waals surface area contributed by atoms with Crippen LogP contribution in [0.3, 0.4) is 0 Å². The van der Waals surface area contributed by atoms with E-state index in [0.717, 1.165) is 16.8 Å². The molecular weight excluding hydrogens is 264 g/mol. The van der Waals surface area contributed by atoms with E-state index in [1.165, 1.54) is 11.0 Å². The molecule has 1 N–H and O–H groups in total. The standard InChI is InChI=1S/C17H22N2O2/c1-5-6-7-8-17(21)19(4)12-16(20)18-15-11-13(2)9-10-14(15)3/h5-11H,12H2,1-4H3,(H,18,20)/b6-5+,8-7+. The number of nitrogens with one attached hydrogen (secondary N) is 1. The van der Waals surface area contributed by atoms with E-state index in [0.29, 0.717) is 0 Å². The van der Waals surface area contributed by atoms with Crippen molar-refractivity contribution >= 4 is 17.5 Å². The van der Waals surface area contributed by atoms with Crippen LogP contribution in [0.2, 0.25) is 0 Å². The first-order valence-corrected chi connectivity index (χ1v) is 6.85. The van der Waals surface area contributed by atoms with Gasteiger partial charge in [0.2, 0.25) is 11.8 Å². The van der Waals surface area contributed by atoms with E-state index in [4.69, 9.17) is 0 Å². The molecule has 0 unspecified atom stereocenters. The Balaban J connectivity index is 2.61. The van der Waals surface area contributed by atoms with E-state index in [1.807, 2.05) is 45.0 Å². The molecule has 1 aromatic carbocycles. The minimum absolute atomic E-state index is 0.0202. The Hall–Kier alpha value is -2.36. The summed E-state index contributed by atoms with van der Waals surface area (Å²) in [6, 6.07) is 5.87. The molecule has 0 aliphatic rings. The normalized spacial score (nSPS) is 11.0. The lowest BCUT2D eigenvalue weighted by molar-refractivity contribution is -0.129. The van der Waals surface area contributed by atoms with Crippen LogP contribution in [0.4, 0.5) is 5.69 Å². The maximum atomic E-state index is 12.0. The molecule has 21 heavy (non-hydrogen) atoms. The number of aryl methyl sites for hydroxylation is 2. The first kappa shape index (κ1) is 16.7. The van der Waals surface area contributed by atoms with Gasteiger partial charge >= 0.3 is 0 Å². The number of hydrogen-bond donors (Lipinski definition) is 1. The number of rotatable bonds is 5. The number of hydrogen-bond acceptors (Lipinski definition) is 2. The van der Waals surface area contributed by atoms with Gasteiger partial charge in [0.05, 0.1) is 6.54 Å². The Kier molecular flexibility index (Phi) is 6.40. The highest BCUT2D eigenvalue weighted by molar-refractivity contribution is 5.97. The van der Waals surface area contributed by atoms with E-state index >= 15 is 0 Å². The number of amides is 2. The Morgan fingerprint density at radius 2 is 1.95 bits per heavy atom. The van der Waals surface area contributed by atoms with E-state index in [1.54, 1.807) is 19.2 Å². The average Bonchev–Trinajstić information content (AvgIpc) is 2.42. The van der Waals surface area contributed by atoms with Crippen molar-refractivity contribution in [3.63, 3.8) is 0 Å². The Morgan fingerprint density at radius 1 is 1.24 bits per heavy atom. The third kappa shape index (κ3) is 5.65. The predicted octanol–water partition coefficient (Wildman–Crippen LogP) is 2.83. The first-order chi connectivity index (χ1) is 9.93. The van der Waals surface area contributed by atoms with Crippen molar-refractivity contribution < 1.29 is 9.59 Å². The van der Waals surface area contributed by atoms with Crippen LogP contribution >= 0.6 is 0 Å². The van der Waals surface area contributed by atoms with Crippen molar-refractivity contribution in [2.45, 2.75) is 20.8 Å².